The molecule has 4 rings (SSSR count). The maximum Gasteiger partial charge on any atom is 0.322 e. The quantitative estimate of drug-likeness (QED) is 0.628. The molecule has 32 heavy (non-hydrogen) atoms. The van der Waals surface area contributed by atoms with Crippen molar-refractivity contribution in [3.63, 3.8) is 0 Å². The second-order valence-corrected chi connectivity index (χ2v) is 7.29. The van der Waals surface area contributed by atoms with Crippen LogP contribution >= 0.6 is 0 Å². The molecule has 2 amide bonds. The van der Waals surface area contributed by atoms with Gasteiger partial charge in [-0.25, -0.2) is 9.18 Å². The topological polar surface area (TPSA) is 93.0 Å². The minimum atomic E-state index is -0.357. The summed E-state index contributed by atoms with van der Waals surface area (Å²) in [6, 6.07) is 11.1. The number of carbonyl (C=O) groups is 1. The molecule has 3 aromatic rings. The molecular weight excluding hydrogens is 417 g/mol. The third kappa shape index (κ3) is 4.97. The van der Waals surface area contributed by atoms with Gasteiger partial charge in [-0.2, -0.15) is 4.98 Å². The second kappa shape index (κ2) is 9.65. The van der Waals surface area contributed by atoms with Crippen LogP contribution in [0.3, 0.4) is 0 Å². The number of anilines is 1. The zero-order valence-corrected chi connectivity index (χ0v) is 17.9. The number of hydrogen-bond donors (Lipinski definition) is 1. The van der Waals surface area contributed by atoms with Gasteiger partial charge in [0, 0.05) is 37.8 Å². The molecule has 1 aliphatic rings. The van der Waals surface area contributed by atoms with Crippen LogP contribution in [0, 0.1) is 5.82 Å². The lowest BCUT2D eigenvalue weighted by molar-refractivity contribution is 0.140. The van der Waals surface area contributed by atoms with Crippen molar-refractivity contribution in [1.82, 2.24) is 19.9 Å². The first-order valence-electron chi connectivity index (χ1n) is 10.1. The van der Waals surface area contributed by atoms with Gasteiger partial charge in [0.2, 0.25) is 0 Å². The standard InChI is InChI=1S/C22H24FN5O4/c1-30-17-6-7-18(19(13-17)31-2)24-22(29)28-10-8-27(9-11-28)14-20-25-21(32-26-20)15-4-3-5-16(23)12-15/h3-7,12-13H,8-11,14H2,1-2H3,(H,24,29). The van der Waals surface area contributed by atoms with Crippen LogP contribution in [-0.4, -0.2) is 66.4 Å². The van der Waals surface area contributed by atoms with Crippen LogP contribution < -0.4 is 14.8 Å². The van der Waals surface area contributed by atoms with Crippen molar-refractivity contribution in [2.45, 2.75) is 6.54 Å². The molecule has 1 fully saturated rings. The lowest BCUT2D eigenvalue weighted by Crippen LogP contribution is -2.49. The highest BCUT2D eigenvalue weighted by Crippen LogP contribution is 2.29. The number of nitrogens with one attached hydrogen (secondary N) is 1. The van der Waals surface area contributed by atoms with Gasteiger partial charge in [-0.3, -0.25) is 4.90 Å². The number of methoxy groups -OCH3 is 2. The molecule has 9 nitrogen and oxygen atoms in total. The summed E-state index contributed by atoms with van der Waals surface area (Å²) in [5.74, 6) is 1.62. The molecule has 0 radical (unpaired) electrons. The van der Waals surface area contributed by atoms with Crippen LogP contribution in [0.4, 0.5) is 14.9 Å². The number of halogens is 1. The van der Waals surface area contributed by atoms with Crippen molar-refractivity contribution in [3.05, 3.63) is 54.1 Å². The van der Waals surface area contributed by atoms with Gasteiger partial charge in [0.05, 0.1) is 26.5 Å². The molecule has 0 atom stereocenters. The number of urea groups is 1. The zero-order chi connectivity index (χ0) is 22.5. The Morgan fingerprint density at radius 2 is 1.94 bits per heavy atom. The van der Waals surface area contributed by atoms with Crippen LogP contribution in [0.2, 0.25) is 0 Å². The number of aromatic nitrogens is 2. The van der Waals surface area contributed by atoms with E-state index in [1.54, 1.807) is 49.5 Å². The van der Waals surface area contributed by atoms with Gasteiger partial charge in [0.15, 0.2) is 5.82 Å². The van der Waals surface area contributed by atoms with Crippen molar-refractivity contribution in [1.29, 1.82) is 0 Å². The van der Waals surface area contributed by atoms with E-state index in [0.29, 0.717) is 61.3 Å². The van der Waals surface area contributed by atoms with Gasteiger partial charge in [-0.15, -0.1) is 0 Å². The van der Waals surface area contributed by atoms with Crippen molar-refractivity contribution in [3.8, 4) is 23.0 Å². The molecular formula is C22H24FN5O4. The smallest absolute Gasteiger partial charge is 0.322 e. The molecule has 2 aromatic carbocycles. The summed E-state index contributed by atoms with van der Waals surface area (Å²) >= 11 is 0. The Morgan fingerprint density at radius 3 is 2.66 bits per heavy atom. The van der Waals surface area contributed by atoms with Gasteiger partial charge >= 0.3 is 6.03 Å². The molecule has 0 aliphatic carbocycles. The number of carbonyl (C=O) groups excluding carboxylic acids is 1. The third-order valence-corrected chi connectivity index (χ3v) is 5.21. The predicted molar refractivity (Wildman–Crippen MR) is 115 cm³/mol. The van der Waals surface area contributed by atoms with Crippen LogP contribution in [0.15, 0.2) is 47.0 Å². The third-order valence-electron chi connectivity index (χ3n) is 5.21. The molecule has 1 N–H and O–H groups in total. The van der Waals surface area contributed by atoms with Crippen molar-refractivity contribution in [2.24, 2.45) is 0 Å². The molecule has 0 bridgehead atoms. The number of nitrogens with zero attached hydrogens (tertiary/aromatic N) is 4. The van der Waals surface area contributed by atoms with E-state index in [9.17, 15) is 9.18 Å². The van der Waals surface area contributed by atoms with E-state index in [4.69, 9.17) is 14.0 Å². The molecule has 0 unspecified atom stereocenters. The summed E-state index contributed by atoms with van der Waals surface area (Å²) < 4.78 is 29.2. The highest BCUT2D eigenvalue weighted by Gasteiger charge is 2.23. The lowest BCUT2D eigenvalue weighted by Gasteiger charge is -2.34. The number of ether oxygens (including phenoxy) is 2. The van der Waals surface area contributed by atoms with Gasteiger partial charge in [0.1, 0.15) is 17.3 Å². The van der Waals surface area contributed by atoms with E-state index in [0.717, 1.165) is 0 Å². The maximum absolute atomic E-state index is 13.4. The van der Waals surface area contributed by atoms with Gasteiger partial charge in [0.25, 0.3) is 5.89 Å². The van der Waals surface area contributed by atoms with E-state index in [2.05, 4.69) is 20.4 Å². The first kappa shape index (κ1) is 21.6. The summed E-state index contributed by atoms with van der Waals surface area (Å²) in [6.07, 6.45) is 0. The molecule has 2 heterocycles. The SMILES string of the molecule is COc1ccc(NC(=O)N2CCN(Cc3noc(-c4cccc(F)c4)n3)CC2)c(OC)c1. The Labute approximate surface area is 184 Å². The fourth-order valence-corrected chi connectivity index (χ4v) is 3.46. The molecule has 0 spiro atoms. The van der Waals surface area contributed by atoms with E-state index < -0.39 is 0 Å². The van der Waals surface area contributed by atoms with E-state index in [1.807, 2.05) is 0 Å². The number of hydrogen-bond acceptors (Lipinski definition) is 7. The molecule has 168 valence electrons. The fourth-order valence-electron chi connectivity index (χ4n) is 3.46. The van der Waals surface area contributed by atoms with Gasteiger partial charge in [-0.05, 0) is 30.3 Å². The number of rotatable bonds is 6. The summed E-state index contributed by atoms with van der Waals surface area (Å²) in [6.45, 7) is 2.92. The average molecular weight is 441 g/mol. The monoisotopic (exact) mass is 441 g/mol. The molecule has 1 aliphatic heterocycles. The van der Waals surface area contributed by atoms with Crippen molar-refractivity contribution < 1.29 is 23.2 Å². The van der Waals surface area contributed by atoms with E-state index in [-0.39, 0.29) is 17.7 Å². The van der Waals surface area contributed by atoms with Crippen LogP contribution in [0.1, 0.15) is 5.82 Å². The Kier molecular flexibility index (Phi) is 6.50. The second-order valence-electron chi connectivity index (χ2n) is 7.29. The Balaban J connectivity index is 1.30. The predicted octanol–water partition coefficient (Wildman–Crippen LogP) is 3.24. The Hall–Kier alpha value is -3.66. The van der Waals surface area contributed by atoms with Gasteiger partial charge < -0.3 is 24.2 Å². The summed E-state index contributed by atoms with van der Waals surface area (Å²) in [5.41, 5.74) is 1.12. The highest BCUT2D eigenvalue weighted by molar-refractivity contribution is 5.91. The van der Waals surface area contributed by atoms with Crippen molar-refractivity contribution >= 4 is 11.7 Å². The fraction of sp³-hybridized carbons (Fsp3) is 0.318. The largest absolute Gasteiger partial charge is 0.497 e. The highest BCUT2D eigenvalue weighted by atomic mass is 19.1. The van der Waals surface area contributed by atoms with E-state index >= 15 is 0 Å². The lowest BCUT2D eigenvalue weighted by atomic mass is 10.2. The Bertz CT molecular complexity index is 1080. The molecule has 1 aromatic heterocycles. The normalized spacial score (nSPS) is 14.3. The summed E-state index contributed by atoms with van der Waals surface area (Å²) in [5, 5.41) is 6.88. The minimum Gasteiger partial charge on any atom is -0.497 e. The number of benzene rings is 2. The Morgan fingerprint density at radius 1 is 1.12 bits per heavy atom. The van der Waals surface area contributed by atoms with E-state index in [1.165, 1.54) is 12.1 Å². The van der Waals surface area contributed by atoms with Crippen LogP contribution in [0.25, 0.3) is 11.5 Å². The first-order chi connectivity index (χ1) is 15.6. The first-order valence-corrected chi connectivity index (χ1v) is 10.1. The molecule has 0 saturated carbocycles. The summed E-state index contributed by atoms with van der Waals surface area (Å²) in [7, 11) is 3.12. The molecule has 10 heteroatoms. The average Bonchev–Trinajstić information content (AvgIpc) is 3.28. The zero-order valence-electron chi connectivity index (χ0n) is 17.9. The number of amides is 2. The maximum atomic E-state index is 13.4. The number of piperazine rings is 1. The van der Waals surface area contributed by atoms with Crippen LogP contribution in [0.5, 0.6) is 11.5 Å². The van der Waals surface area contributed by atoms with Gasteiger partial charge in [-0.1, -0.05) is 11.2 Å². The van der Waals surface area contributed by atoms with Crippen LogP contribution in [-0.2, 0) is 6.54 Å². The molecule has 1 saturated heterocycles. The summed E-state index contributed by atoms with van der Waals surface area (Å²) in [4.78, 5) is 20.9. The van der Waals surface area contributed by atoms with Crippen molar-refractivity contribution in [2.75, 3.05) is 45.7 Å². The minimum absolute atomic E-state index is 0.193.